The number of rotatable bonds is 5. The van der Waals surface area contributed by atoms with Gasteiger partial charge in [-0.2, -0.15) is 0 Å². The fourth-order valence-corrected chi connectivity index (χ4v) is 4.97. The van der Waals surface area contributed by atoms with E-state index in [2.05, 4.69) is 10.2 Å². The van der Waals surface area contributed by atoms with Crippen molar-refractivity contribution in [2.24, 2.45) is 0 Å². The zero-order valence-electron chi connectivity index (χ0n) is 16.8. The number of hydrogen-bond donors (Lipinski definition) is 2. The van der Waals surface area contributed by atoms with Crippen LogP contribution in [-0.4, -0.2) is 34.1 Å². The van der Waals surface area contributed by atoms with E-state index in [0.29, 0.717) is 25.1 Å². The van der Waals surface area contributed by atoms with Crippen LogP contribution in [0.5, 0.6) is 0 Å². The van der Waals surface area contributed by atoms with Crippen molar-refractivity contribution >= 4 is 17.2 Å². The van der Waals surface area contributed by atoms with E-state index in [1.165, 1.54) is 12.1 Å². The van der Waals surface area contributed by atoms with Gasteiger partial charge in [-0.15, -0.1) is 11.3 Å². The molecule has 0 spiro atoms. The minimum Gasteiger partial charge on any atom is -0.388 e. The molecule has 2 aromatic carbocycles. The summed E-state index contributed by atoms with van der Waals surface area (Å²) in [6, 6.07) is 18.9. The van der Waals surface area contributed by atoms with E-state index in [9.17, 15) is 14.3 Å². The number of piperidine rings is 1. The predicted molar refractivity (Wildman–Crippen MR) is 117 cm³/mol. The van der Waals surface area contributed by atoms with E-state index >= 15 is 0 Å². The van der Waals surface area contributed by atoms with Crippen molar-refractivity contribution < 1.29 is 14.3 Å². The summed E-state index contributed by atoms with van der Waals surface area (Å²) in [6.45, 7) is 3.07. The number of thiophene rings is 1. The van der Waals surface area contributed by atoms with Gasteiger partial charge in [-0.1, -0.05) is 36.4 Å². The minimum absolute atomic E-state index is 0.188. The molecule has 6 heteroatoms. The number of amides is 1. The summed E-state index contributed by atoms with van der Waals surface area (Å²) in [5.41, 5.74) is 0.500. The van der Waals surface area contributed by atoms with E-state index in [-0.39, 0.29) is 17.8 Å². The van der Waals surface area contributed by atoms with Crippen LogP contribution in [0.2, 0.25) is 0 Å². The van der Waals surface area contributed by atoms with Gasteiger partial charge in [0.1, 0.15) is 5.82 Å². The van der Waals surface area contributed by atoms with Crippen LogP contribution in [0.25, 0.3) is 0 Å². The molecule has 1 aliphatic rings. The van der Waals surface area contributed by atoms with E-state index < -0.39 is 11.6 Å². The topological polar surface area (TPSA) is 52.6 Å². The number of nitrogens with one attached hydrogen (secondary N) is 1. The van der Waals surface area contributed by atoms with Crippen molar-refractivity contribution in [1.82, 2.24) is 10.2 Å². The van der Waals surface area contributed by atoms with Crippen molar-refractivity contribution in [3.05, 3.63) is 93.9 Å². The summed E-state index contributed by atoms with van der Waals surface area (Å²) in [5.74, 6) is -0.464. The van der Waals surface area contributed by atoms with Crippen LogP contribution in [0.15, 0.2) is 72.1 Å². The molecule has 4 rings (SSSR count). The molecule has 0 saturated carbocycles. The summed E-state index contributed by atoms with van der Waals surface area (Å²) in [5, 5.41) is 16.3. The fourth-order valence-electron chi connectivity index (χ4n) is 4.07. The molecule has 30 heavy (non-hydrogen) atoms. The Morgan fingerprint density at radius 1 is 1.17 bits per heavy atom. The van der Waals surface area contributed by atoms with E-state index in [1.54, 1.807) is 42.5 Å². The molecule has 3 atom stereocenters. The highest BCUT2D eigenvalue weighted by molar-refractivity contribution is 7.10. The molecule has 1 fully saturated rings. The lowest BCUT2D eigenvalue weighted by atomic mass is 9.81. The number of aliphatic hydroxyl groups is 1. The molecular formula is C24H25FN2O2S. The zero-order valence-corrected chi connectivity index (χ0v) is 17.6. The van der Waals surface area contributed by atoms with E-state index in [0.717, 1.165) is 10.4 Å². The molecule has 2 N–H and O–H groups in total. The third kappa shape index (κ3) is 4.46. The van der Waals surface area contributed by atoms with Gasteiger partial charge >= 0.3 is 0 Å². The molecular weight excluding hydrogens is 399 g/mol. The molecule has 0 unspecified atom stereocenters. The maximum atomic E-state index is 13.3. The van der Waals surface area contributed by atoms with Gasteiger partial charge in [-0.25, -0.2) is 4.39 Å². The van der Waals surface area contributed by atoms with Gasteiger partial charge in [0.2, 0.25) is 0 Å². The summed E-state index contributed by atoms with van der Waals surface area (Å²) in [7, 11) is 0. The van der Waals surface area contributed by atoms with Gasteiger partial charge < -0.3 is 10.4 Å². The molecule has 0 aliphatic carbocycles. The molecule has 156 valence electrons. The molecule has 1 saturated heterocycles. The number of hydrogen-bond acceptors (Lipinski definition) is 4. The Morgan fingerprint density at radius 3 is 2.57 bits per heavy atom. The molecule has 0 radical (unpaired) electrons. The Bertz CT molecular complexity index is 974. The van der Waals surface area contributed by atoms with Gasteiger partial charge in [-0.3, -0.25) is 9.69 Å². The standard InChI is InChI=1S/C24H25FN2O2S/c1-24(29)13-14-27(16-17-9-11-19(25)12-10-17)21(20-8-5-15-30-20)22(24)26-23(28)18-6-3-2-4-7-18/h2-12,15,21-22,29H,13-14,16H2,1H3,(H,26,28)/t21-,22-,24+/m0/s1. The first-order valence-electron chi connectivity index (χ1n) is 10.0. The summed E-state index contributed by atoms with van der Waals surface area (Å²) >= 11 is 1.61. The lowest BCUT2D eigenvalue weighted by Gasteiger charge is -2.48. The van der Waals surface area contributed by atoms with Crippen molar-refractivity contribution in [1.29, 1.82) is 0 Å². The second kappa shape index (κ2) is 8.68. The minimum atomic E-state index is -1.06. The van der Waals surface area contributed by atoms with Gasteiger partial charge in [0.15, 0.2) is 0 Å². The van der Waals surface area contributed by atoms with Crippen LogP contribution in [0.3, 0.4) is 0 Å². The van der Waals surface area contributed by atoms with Crippen molar-refractivity contribution in [2.45, 2.75) is 37.6 Å². The Kier molecular flexibility index (Phi) is 5.99. The molecule has 4 nitrogen and oxygen atoms in total. The van der Waals surface area contributed by atoms with E-state index in [1.807, 2.05) is 35.7 Å². The average Bonchev–Trinajstić information content (AvgIpc) is 3.27. The van der Waals surface area contributed by atoms with Crippen LogP contribution in [0, 0.1) is 5.82 Å². The smallest absolute Gasteiger partial charge is 0.251 e. The van der Waals surface area contributed by atoms with Crippen molar-refractivity contribution in [3.63, 3.8) is 0 Å². The fraction of sp³-hybridized carbons (Fsp3) is 0.292. The monoisotopic (exact) mass is 424 g/mol. The molecule has 2 heterocycles. The molecule has 3 aromatic rings. The number of nitrogens with zero attached hydrogens (tertiary/aromatic N) is 1. The van der Waals surface area contributed by atoms with Gasteiger partial charge in [0.25, 0.3) is 5.91 Å². The number of likely N-dealkylation sites (tertiary alicyclic amines) is 1. The Balaban J connectivity index is 1.65. The first-order valence-corrected chi connectivity index (χ1v) is 10.9. The summed E-state index contributed by atoms with van der Waals surface area (Å²) < 4.78 is 13.3. The number of carbonyl (C=O) groups is 1. The average molecular weight is 425 g/mol. The van der Waals surface area contributed by atoms with Gasteiger partial charge in [0, 0.05) is 23.5 Å². The highest BCUT2D eigenvalue weighted by Gasteiger charge is 2.46. The highest BCUT2D eigenvalue weighted by atomic mass is 32.1. The Labute approximate surface area is 180 Å². The summed E-state index contributed by atoms with van der Waals surface area (Å²) in [4.78, 5) is 16.3. The maximum absolute atomic E-state index is 13.3. The highest BCUT2D eigenvalue weighted by Crippen LogP contribution is 2.39. The van der Waals surface area contributed by atoms with Gasteiger partial charge in [-0.05, 0) is 54.6 Å². The molecule has 1 amide bonds. The molecule has 1 aliphatic heterocycles. The Hall–Kier alpha value is -2.54. The third-order valence-electron chi connectivity index (χ3n) is 5.74. The maximum Gasteiger partial charge on any atom is 0.251 e. The lowest BCUT2D eigenvalue weighted by molar-refractivity contribution is -0.0656. The quantitative estimate of drug-likeness (QED) is 0.639. The van der Waals surface area contributed by atoms with Crippen LogP contribution >= 0.6 is 11.3 Å². The normalized spacial score (nSPS) is 24.5. The lowest BCUT2D eigenvalue weighted by Crippen LogP contribution is -2.62. The van der Waals surface area contributed by atoms with Crippen LogP contribution in [-0.2, 0) is 6.54 Å². The van der Waals surface area contributed by atoms with Crippen molar-refractivity contribution in [2.75, 3.05) is 6.54 Å². The molecule has 0 bridgehead atoms. The summed E-state index contributed by atoms with van der Waals surface area (Å²) in [6.07, 6.45) is 0.524. The number of carbonyl (C=O) groups excluding carboxylic acids is 1. The molecule has 1 aromatic heterocycles. The van der Waals surface area contributed by atoms with E-state index in [4.69, 9.17) is 0 Å². The van der Waals surface area contributed by atoms with Crippen LogP contribution < -0.4 is 5.32 Å². The van der Waals surface area contributed by atoms with Gasteiger partial charge in [0.05, 0.1) is 17.7 Å². The largest absolute Gasteiger partial charge is 0.388 e. The zero-order chi connectivity index (χ0) is 21.1. The SMILES string of the molecule is C[C@@]1(O)CCN(Cc2ccc(F)cc2)[C@@H](c2cccs2)[C@@H]1NC(=O)c1ccccc1. The first kappa shape index (κ1) is 20.7. The third-order valence-corrected chi connectivity index (χ3v) is 6.68. The number of halogens is 1. The first-order chi connectivity index (χ1) is 14.4. The number of benzene rings is 2. The van der Waals surface area contributed by atoms with Crippen LogP contribution in [0.1, 0.15) is 40.2 Å². The second-order valence-electron chi connectivity index (χ2n) is 7.98. The van der Waals surface area contributed by atoms with Crippen molar-refractivity contribution in [3.8, 4) is 0 Å². The Morgan fingerprint density at radius 2 is 1.90 bits per heavy atom. The second-order valence-corrected chi connectivity index (χ2v) is 8.96. The predicted octanol–water partition coefficient (Wildman–Crippen LogP) is 4.38. The van der Waals surface area contributed by atoms with Crippen LogP contribution in [0.4, 0.5) is 4.39 Å².